The minimum atomic E-state index is -4.57. The summed E-state index contributed by atoms with van der Waals surface area (Å²) in [7, 11) is -3.54. The van der Waals surface area contributed by atoms with Gasteiger partial charge in [0, 0.05) is 11.9 Å². The molecular formula is C18H16F3NO5S. The van der Waals surface area contributed by atoms with Gasteiger partial charge in [0.05, 0.1) is 16.0 Å². The first-order valence-corrected chi connectivity index (χ1v) is 9.76. The minimum Gasteiger partial charge on any atom is -0.449 e. The highest BCUT2D eigenvalue weighted by Crippen LogP contribution is 2.30. The van der Waals surface area contributed by atoms with Gasteiger partial charge in [-0.1, -0.05) is 12.1 Å². The van der Waals surface area contributed by atoms with Crippen molar-refractivity contribution < 1.29 is 35.9 Å². The van der Waals surface area contributed by atoms with Gasteiger partial charge >= 0.3 is 12.1 Å². The van der Waals surface area contributed by atoms with Crippen molar-refractivity contribution in [3.63, 3.8) is 0 Å². The molecule has 0 unspecified atom stereocenters. The molecule has 150 valence electrons. The van der Waals surface area contributed by atoms with E-state index in [1.165, 1.54) is 31.2 Å². The number of ether oxygens (including phenoxy) is 1. The Hall–Kier alpha value is -2.88. The van der Waals surface area contributed by atoms with E-state index in [9.17, 15) is 31.2 Å². The van der Waals surface area contributed by atoms with Gasteiger partial charge in [0.25, 0.3) is 5.91 Å². The van der Waals surface area contributed by atoms with Crippen LogP contribution in [0.3, 0.4) is 0 Å². The zero-order valence-corrected chi connectivity index (χ0v) is 15.6. The Kier molecular flexibility index (Phi) is 6.13. The van der Waals surface area contributed by atoms with Gasteiger partial charge in [0.2, 0.25) is 0 Å². The van der Waals surface area contributed by atoms with Crippen LogP contribution < -0.4 is 5.32 Å². The number of sulfone groups is 1. The smallest absolute Gasteiger partial charge is 0.416 e. The summed E-state index contributed by atoms with van der Waals surface area (Å²) < 4.78 is 66.2. The molecule has 1 atom stereocenters. The molecule has 0 heterocycles. The van der Waals surface area contributed by atoms with Gasteiger partial charge in [-0.3, -0.25) is 4.79 Å². The SMILES string of the molecule is C[C@H](OC(=O)c1cccc(S(C)(=O)=O)c1)C(=O)Nc1cccc(C(F)(F)F)c1. The van der Waals surface area contributed by atoms with Crippen molar-refractivity contribution in [1.29, 1.82) is 0 Å². The first kappa shape index (κ1) is 21.4. The number of rotatable bonds is 5. The Balaban J connectivity index is 2.08. The lowest BCUT2D eigenvalue weighted by Gasteiger charge is -2.15. The van der Waals surface area contributed by atoms with E-state index in [1.807, 2.05) is 0 Å². The Morgan fingerprint density at radius 2 is 1.71 bits per heavy atom. The van der Waals surface area contributed by atoms with Crippen LogP contribution in [0.4, 0.5) is 18.9 Å². The average Bonchev–Trinajstić information content (AvgIpc) is 2.60. The van der Waals surface area contributed by atoms with Gasteiger partial charge in [-0.05, 0) is 43.3 Å². The highest BCUT2D eigenvalue weighted by Gasteiger charge is 2.30. The maximum Gasteiger partial charge on any atom is 0.416 e. The zero-order valence-electron chi connectivity index (χ0n) is 14.8. The molecule has 2 rings (SSSR count). The fourth-order valence-corrected chi connectivity index (χ4v) is 2.82. The number of amides is 1. The van der Waals surface area contributed by atoms with Crippen LogP contribution >= 0.6 is 0 Å². The van der Waals surface area contributed by atoms with E-state index >= 15 is 0 Å². The van der Waals surface area contributed by atoms with Gasteiger partial charge < -0.3 is 10.1 Å². The molecule has 0 bridgehead atoms. The fourth-order valence-electron chi connectivity index (χ4n) is 2.15. The highest BCUT2D eigenvalue weighted by molar-refractivity contribution is 7.90. The molecular weight excluding hydrogens is 399 g/mol. The normalized spacial score (nSPS) is 12.9. The van der Waals surface area contributed by atoms with Crippen molar-refractivity contribution >= 4 is 27.4 Å². The molecule has 2 aromatic rings. The highest BCUT2D eigenvalue weighted by atomic mass is 32.2. The van der Waals surface area contributed by atoms with E-state index in [2.05, 4.69) is 5.32 Å². The number of halogens is 3. The Labute approximate surface area is 159 Å². The second-order valence-electron chi connectivity index (χ2n) is 5.92. The maximum atomic E-state index is 12.7. The van der Waals surface area contributed by atoms with Crippen molar-refractivity contribution in [2.45, 2.75) is 24.1 Å². The lowest BCUT2D eigenvalue weighted by molar-refractivity contribution is -0.137. The number of hydrogen-bond donors (Lipinski definition) is 1. The topological polar surface area (TPSA) is 89.5 Å². The van der Waals surface area contributed by atoms with Crippen molar-refractivity contribution in [3.05, 3.63) is 59.7 Å². The van der Waals surface area contributed by atoms with Gasteiger partial charge in [-0.2, -0.15) is 13.2 Å². The largest absolute Gasteiger partial charge is 0.449 e. The van der Waals surface area contributed by atoms with Crippen molar-refractivity contribution in [3.8, 4) is 0 Å². The van der Waals surface area contributed by atoms with Gasteiger partial charge in [-0.15, -0.1) is 0 Å². The molecule has 6 nitrogen and oxygen atoms in total. The standard InChI is InChI=1S/C18H16F3NO5S/c1-11(16(23)22-14-7-4-6-13(10-14)18(19,20)21)27-17(24)12-5-3-8-15(9-12)28(2,25)26/h3-11H,1-2H3,(H,22,23)/t11-/m0/s1. The number of carbonyl (C=O) groups excluding carboxylic acids is 2. The molecule has 0 aliphatic carbocycles. The fraction of sp³-hybridized carbons (Fsp3) is 0.222. The molecule has 0 radical (unpaired) electrons. The molecule has 1 amide bonds. The number of esters is 1. The molecule has 0 aliphatic heterocycles. The maximum absolute atomic E-state index is 12.7. The summed E-state index contributed by atoms with van der Waals surface area (Å²) in [5.74, 6) is -1.79. The van der Waals surface area contributed by atoms with Crippen LogP contribution in [0.25, 0.3) is 0 Å². The number of anilines is 1. The molecule has 10 heteroatoms. The molecule has 1 N–H and O–H groups in total. The molecule has 0 aliphatic rings. The van der Waals surface area contributed by atoms with Gasteiger partial charge in [-0.25, -0.2) is 13.2 Å². The number of nitrogens with one attached hydrogen (secondary N) is 1. The Morgan fingerprint density at radius 3 is 2.32 bits per heavy atom. The summed E-state index contributed by atoms with van der Waals surface area (Å²) in [6.07, 6.45) is -4.92. The molecule has 2 aromatic carbocycles. The van der Waals surface area contributed by atoms with Gasteiger partial charge in [0.15, 0.2) is 15.9 Å². The van der Waals surface area contributed by atoms with Crippen LogP contribution in [0, 0.1) is 0 Å². The third kappa shape index (κ3) is 5.56. The Morgan fingerprint density at radius 1 is 1.07 bits per heavy atom. The summed E-state index contributed by atoms with van der Waals surface area (Å²) in [6.45, 7) is 1.24. The second kappa shape index (κ2) is 8.01. The summed E-state index contributed by atoms with van der Waals surface area (Å²) in [5.41, 5.74) is -1.13. The summed E-state index contributed by atoms with van der Waals surface area (Å²) in [5, 5.41) is 2.23. The predicted molar refractivity (Wildman–Crippen MR) is 94.5 cm³/mol. The lowest BCUT2D eigenvalue weighted by Crippen LogP contribution is -2.30. The van der Waals surface area contributed by atoms with Crippen LogP contribution in [0.5, 0.6) is 0 Å². The van der Waals surface area contributed by atoms with Crippen molar-refractivity contribution in [2.75, 3.05) is 11.6 Å². The molecule has 0 saturated heterocycles. The summed E-state index contributed by atoms with van der Waals surface area (Å²) in [4.78, 5) is 24.1. The first-order chi connectivity index (χ1) is 12.9. The molecule has 28 heavy (non-hydrogen) atoms. The summed E-state index contributed by atoms with van der Waals surface area (Å²) >= 11 is 0. The van der Waals surface area contributed by atoms with Crippen LogP contribution in [-0.2, 0) is 25.5 Å². The quantitative estimate of drug-likeness (QED) is 0.757. The van der Waals surface area contributed by atoms with E-state index in [1.54, 1.807) is 0 Å². The van der Waals surface area contributed by atoms with Crippen LogP contribution in [0.15, 0.2) is 53.4 Å². The molecule has 0 fully saturated rings. The predicted octanol–water partition coefficient (Wildman–Crippen LogP) is 3.29. The third-order valence-corrected chi connectivity index (χ3v) is 4.72. The first-order valence-electron chi connectivity index (χ1n) is 7.87. The van der Waals surface area contributed by atoms with Crippen molar-refractivity contribution in [2.24, 2.45) is 0 Å². The monoisotopic (exact) mass is 415 g/mol. The van der Waals surface area contributed by atoms with E-state index in [4.69, 9.17) is 4.74 Å². The number of carbonyl (C=O) groups is 2. The lowest BCUT2D eigenvalue weighted by atomic mass is 10.2. The van der Waals surface area contributed by atoms with E-state index in [0.29, 0.717) is 0 Å². The number of benzene rings is 2. The van der Waals surface area contributed by atoms with Crippen molar-refractivity contribution in [1.82, 2.24) is 0 Å². The molecule has 0 saturated carbocycles. The zero-order chi connectivity index (χ0) is 21.1. The molecule has 0 aromatic heterocycles. The van der Waals surface area contributed by atoms with Gasteiger partial charge in [0.1, 0.15) is 0 Å². The third-order valence-electron chi connectivity index (χ3n) is 3.61. The number of hydrogen-bond acceptors (Lipinski definition) is 5. The van der Waals surface area contributed by atoms with Crippen LogP contribution in [-0.4, -0.2) is 32.7 Å². The molecule has 0 spiro atoms. The average molecular weight is 415 g/mol. The second-order valence-corrected chi connectivity index (χ2v) is 7.93. The summed E-state index contributed by atoms with van der Waals surface area (Å²) in [6, 6.07) is 9.07. The number of alkyl halides is 3. The van der Waals surface area contributed by atoms with E-state index in [0.717, 1.165) is 30.5 Å². The van der Waals surface area contributed by atoms with Crippen LogP contribution in [0.1, 0.15) is 22.8 Å². The van der Waals surface area contributed by atoms with Crippen LogP contribution in [0.2, 0.25) is 0 Å². The Bertz CT molecular complexity index is 1000. The minimum absolute atomic E-state index is 0.0818. The van der Waals surface area contributed by atoms with E-state index < -0.39 is 39.6 Å². The van der Waals surface area contributed by atoms with E-state index in [-0.39, 0.29) is 16.1 Å².